The molecular formula is C15H21F2N3O3S. The van der Waals surface area contributed by atoms with Gasteiger partial charge >= 0.3 is 6.03 Å². The van der Waals surface area contributed by atoms with E-state index < -0.39 is 33.7 Å². The quantitative estimate of drug-likeness (QED) is 0.861. The number of carbonyl (C=O) groups excluding carboxylic acids is 1. The summed E-state index contributed by atoms with van der Waals surface area (Å²) in [6.07, 6.45) is 1.07. The SMILES string of the molecule is CC(C)C1CN(C(=O)Nc2ccc(F)cc2F)CC1NS(C)(=O)=O. The summed E-state index contributed by atoms with van der Waals surface area (Å²) < 4.78 is 52.1. The highest BCUT2D eigenvalue weighted by atomic mass is 32.2. The van der Waals surface area contributed by atoms with E-state index in [1.165, 1.54) is 4.90 Å². The van der Waals surface area contributed by atoms with Gasteiger partial charge in [0.1, 0.15) is 11.6 Å². The van der Waals surface area contributed by atoms with Crippen LogP contribution in [0.3, 0.4) is 0 Å². The smallest absolute Gasteiger partial charge is 0.321 e. The minimum absolute atomic E-state index is 0.0523. The number of amides is 2. The zero-order chi connectivity index (χ0) is 18.1. The molecule has 0 saturated carbocycles. The predicted molar refractivity (Wildman–Crippen MR) is 87.0 cm³/mol. The number of halogens is 2. The van der Waals surface area contributed by atoms with E-state index in [9.17, 15) is 22.0 Å². The maximum atomic E-state index is 13.6. The molecule has 0 bridgehead atoms. The Morgan fingerprint density at radius 2 is 1.96 bits per heavy atom. The van der Waals surface area contributed by atoms with Gasteiger partial charge in [0, 0.05) is 25.2 Å². The Balaban J connectivity index is 2.10. The first-order chi connectivity index (χ1) is 11.1. The van der Waals surface area contributed by atoms with E-state index in [1.807, 2.05) is 13.8 Å². The van der Waals surface area contributed by atoms with Gasteiger partial charge in [-0.2, -0.15) is 0 Å². The molecule has 1 fully saturated rings. The number of benzene rings is 1. The molecule has 6 nitrogen and oxygen atoms in total. The molecule has 1 aromatic rings. The van der Waals surface area contributed by atoms with Crippen LogP contribution in [0.1, 0.15) is 13.8 Å². The molecule has 0 aliphatic carbocycles. The Kier molecular flexibility index (Phi) is 5.44. The number of rotatable bonds is 4. The summed E-state index contributed by atoms with van der Waals surface area (Å²) in [5.74, 6) is -1.49. The molecule has 1 aliphatic heterocycles. The Hall–Kier alpha value is -1.74. The number of likely N-dealkylation sites (tertiary alicyclic amines) is 1. The third kappa shape index (κ3) is 4.64. The van der Waals surface area contributed by atoms with Crippen molar-refractivity contribution in [1.29, 1.82) is 0 Å². The highest BCUT2D eigenvalue weighted by molar-refractivity contribution is 7.88. The molecule has 0 spiro atoms. The number of nitrogens with one attached hydrogen (secondary N) is 2. The van der Waals surface area contributed by atoms with E-state index in [4.69, 9.17) is 0 Å². The summed E-state index contributed by atoms with van der Waals surface area (Å²) in [4.78, 5) is 13.7. The Labute approximate surface area is 140 Å². The molecule has 1 saturated heterocycles. The fourth-order valence-electron chi connectivity index (χ4n) is 2.86. The van der Waals surface area contributed by atoms with Gasteiger partial charge in [-0.25, -0.2) is 26.7 Å². The molecule has 1 aliphatic rings. The van der Waals surface area contributed by atoms with Gasteiger partial charge in [0.25, 0.3) is 0 Å². The van der Waals surface area contributed by atoms with Gasteiger partial charge in [-0.15, -0.1) is 0 Å². The number of hydrogen-bond donors (Lipinski definition) is 2. The minimum atomic E-state index is -3.40. The maximum absolute atomic E-state index is 13.6. The van der Waals surface area contributed by atoms with Crippen LogP contribution in [0.4, 0.5) is 19.3 Å². The second-order valence-corrected chi connectivity index (χ2v) is 8.14. The van der Waals surface area contributed by atoms with Crippen molar-refractivity contribution in [3.05, 3.63) is 29.8 Å². The van der Waals surface area contributed by atoms with Crippen molar-refractivity contribution in [1.82, 2.24) is 9.62 Å². The van der Waals surface area contributed by atoms with Crippen LogP contribution in [0, 0.1) is 23.5 Å². The van der Waals surface area contributed by atoms with Crippen molar-refractivity contribution < 1.29 is 22.0 Å². The number of urea groups is 1. The Bertz CT molecular complexity index is 725. The molecule has 134 valence electrons. The van der Waals surface area contributed by atoms with E-state index >= 15 is 0 Å². The van der Waals surface area contributed by atoms with Crippen molar-refractivity contribution in [2.75, 3.05) is 24.7 Å². The third-order valence-corrected chi connectivity index (χ3v) is 4.78. The zero-order valence-corrected chi connectivity index (χ0v) is 14.5. The molecule has 2 N–H and O–H groups in total. The summed E-state index contributed by atoms with van der Waals surface area (Å²) in [6.45, 7) is 4.43. The number of nitrogens with zero attached hydrogens (tertiary/aromatic N) is 1. The van der Waals surface area contributed by atoms with E-state index in [-0.39, 0.29) is 24.1 Å². The van der Waals surface area contributed by atoms with Crippen LogP contribution in [-0.4, -0.2) is 44.7 Å². The average Bonchev–Trinajstić information content (AvgIpc) is 2.83. The van der Waals surface area contributed by atoms with Gasteiger partial charge in [-0.1, -0.05) is 13.8 Å². The molecular weight excluding hydrogens is 340 g/mol. The fraction of sp³-hybridized carbons (Fsp3) is 0.533. The number of anilines is 1. The lowest BCUT2D eigenvalue weighted by Gasteiger charge is -2.21. The van der Waals surface area contributed by atoms with Crippen molar-refractivity contribution in [3.8, 4) is 0 Å². The van der Waals surface area contributed by atoms with Crippen molar-refractivity contribution in [3.63, 3.8) is 0 Å². The van der Waals surface area contributed by atoms with E-state index in [0.29, 0.717) is 12.6 Å². The van der Waals surface area contributed by atoms with Crippen LogP contribution < -0.4 is 10.0 Å². The number of hydrogen-bond acceptors (Lipinski definition) is 3. The van der Waals surface area contributed by atoms with E-state index in [2.05, 4.69) is 10.0 Å². The molecule has 24 heavy (non-hydrogen) atoms. The van der Waals surface area contributed by atoms with Gasteiger partial charge in [0.05, 0.1) is 11.9 Å². The molecule has 2 unspecified atom stereocenters. The first-order valence-electron chi connectivity index (χ1n) is 7.55. The Morgan fingerprint density at radius 3 is 2.50 bits per heavy atom. The average molecular weight is 361 g/mol. The van der Waals surface area contributed by atoms with Gasteiger partial charge in [0.15, 0.2) is 0 Å². The molecule has 9 heteroatoms. The van der Waals surface area contributed by atoms with Crippen LogP contribution in [-0.2, 0) is 10.0 Å². The van der Waals surface area contributed by atoms with E-state index in [1.54, 1.807) is 0 Å². The zero-order valence-electron chi connectivity index (χ0n) is 13.7. The number of carbonyl (C=O) groups is 1. The van der Waals surface area contributed by atoms with Gasteiger partial charge in [0.2, 0.25) is 10.0 Å². The van der Waals surface area contributed by atoms with E-state index in [0.717, 1.165) is 18.4 Å². The predicted octanol–water partition coefficient (Wildman–Crippen LogP) is 2.00. The van der Waals surface area contributed by atoms with Crippen LogP contribution in [0.2, 0.25) is 0 Å². The monoisotopic (exact) mass is 361 g/mol. The molecule has 2 atom stereocenters. The van der Waals surface area contributed by atoms with Crippen molar-refractivity contribution >= 4 is 21.7 Å². The summed E-state index contributed by atoms with van der Waals surface area (Å²) in [6, 6.07) is 1.93. The molecule has 0 radical (unpaired) electrons. The molecule has 2 rings (SSSR count). The fourth-order valence-corrected chi connectivity index (χ4v) is 3.65. The normalized spacial score (nSPS) is 21.3. The van der Waals surface area contributed by atoms with Crippen molar-refractivity contribution in [2.24, 2.45) is 11.8 Å². The van der Waals surface area contributed by atoms with Gasteiger partial charge in [-0.3, -0.25) is 0 Å². The first kappa shape index (κ1) is 18.6. The maximum Gasteiger partial charge on any atom is 0.321 e. The summed E-state index contributed by atoms with van der Waals surface area (Å²) in [5.41, 5.74) is -0.123. The highest BCUT2D eigenvalue weighted by Gasteiger charge is 2.38. The largest absolute Gasteiger partial charge is 0.323 e. The molecule has 1 aromatic carbocycles. The van der Waals surface area contributed by atoms with Crippen LogP contribution in [0.15, 0.2) is 18.2 Å². The lowest BCUT2D eigenvalue weighted by atomic mass is 9.92. The molecule has 2 amide bonds. The summed E-state index contributed by atoms with van der Waals surface area (Å²) in [7, 11) is -3.40. The van der Waals surface area contributed by atoms with Crippen LogP contribution >= 0.6 is 0 Å². The Morgan fingerprint density at radius 1 is 1.29 bits per heavy atom. The highest BCUT2D eigenvalue weighted by Crippen LogP contribution is 2.26. The van der Waals surface area contributed by atoms with Gasteiger partial charge < -0.3 is 10.2 Å². The second-order valence-electron chi connectivity index (χ2n) is 6.36. The molecule has 0 aromatic heterocycles. The number of sulfonamides is 1. The second kappa shape index (κ2) is 7.02. The van der Waals surface area contributed by atoms with Crippen LogP contribution in [0.25, 0.3) is 0 Å². The van der Waals surface area contributed by atoms with Gasteiger partial charge in [-0.05, 0) is 24.0 Å². The minimum Gasteiger partial charge on any atom is -0.323 e. The first-order valence-corrected chi connectivity index (χ1v) is 9.44. The summed E-state index contributed by atoms with van der Waals surface area (Å²) in [5, 5.41) is 2.39. The summed E-state index contributed by atoms with van der Waals surface area (Å²) >= 11 is 0. The lowest BCUT2D eigenvalue weighted by Crippen LogP contribution is -2.42. The lowest BCUT2D eigenvalue weighted by molar-refractivity contribution is 0.219. The molecule has 1 heterocycles. The third-order valence-electron chi connectivity index (χ3n) is 4.05. The standard InChI is InChI=1S/C15H21F2N3O3S/c1-9(2)11-7-20(8-14(11)19-24(3,22)23)15(21)18-13-5-4-10(16)6-12(13)17/h4-6,9,11,14,19H,7-8H2,1-3H3,(H,18,21). The van der Waals surface area contributed by atoms with Crippen LogP contribution in [0.5, 0.6) is 0 Å². The van der Waals surface area contributed by atoms with Crippen molar-refractivity contribution in [2.45, 2.75) is 19.9 Å². The topological polar surface area (TPSA) is 78.5 Å².